The Balaban J connectivity index is 1.55. The first-order valence-corrected chi connectivity index (χ1v) is 13.7. The molecule has 0 atom stereocenters. The van der Waals surface area contributed by atoms with Gasteiger partial charge in [0.25, 0.3) is 0 Å². The number of hydrogen-bond donors (Lipinski definition) is 1. The Bertz CT molecular complexity index is 1600. The third kappa shape index (κ3) is 5.13. The number of aliphatic hydroxyl groups is 1. The first-order chi connectivity index (χ1) is 19.3. The van der Waals surface area contributed by atoms with Gasteiger partial charge < -0.3 is 5.11 Å². The third-order valence-corrected chi connectivity index (χ3v) is 7.33. The van der Waals surface area contributed by atoms with E-state index in [0.29, 0.717) is 45.9 Å². The standard InChI is InChI=1S/C32H33F2N5O/c1-5-22-9-8-10-23(6-2)30(22)39-31(28-15-16-38(7-3)37-28)35-19-24(32(39)40)17-21-11-12-26(27(33)18-21)25-13-14-29(34)36-20(25)4/h8-16,18,40H,5-7,17,19H2,1-4H3. The summed E-state index contributed by atoms with van der Waals surface area (Å²) in [5.74, 6) is -0.347. The molecule has 1 aliphatic rings. The largest absolute Gasteiger partial charge is 0.494 e. The zero-order valence-corrected chi connectivity index (χ0v) is 23.2. The highest BCUT2D eigenvalue weighted by atomic mass is 19.1. The normalized spacial score (nSPS) is 13.7. The summed E-state index contributed by atoms with van der Waals surface area (Å²) in [5.41, 5.74) is 6.47. The minimum Gasteiger partial charge on any atom is -0.494 e. The molecule has 0 unspecified atom stereocenters. The summed E-state index contributed by atoms with van der Waals surface area (Å²) in [6.07, 6.45) is 3.78. The fourth-order valence-corrected chi connectivity index (χ4v) is 5.22. The predicted octanol–water partition coefficient (Wildman–Crippen LogP) is 6.96. The molecule has 2 aromatic carbocycles. The summed E-state index contributed by atoms with van der Waals surface area (Å²) in [5, 5.41) is 16.5. The zero-order valence-electron chi connectivity index (χ0n) is 23.2. The third-order valence-electron chi connectivity index (χ3n) is 7.33. The van der Waals surface area contributed by atoms with Crippen molar-refractivity contribution in [2.24, 2.45) is 4.99 Å². The van der Waals surface area contributed by atoms with Crippen molar-refractivity contribution in [2.45, 2.75) is 53.5 Å². The molecule has 0 amide bonds. The zero-order chi connectivity index (χ0) is 28.4. The van der Waals surface area contributed by atoms with Crippen LogP contribution in [-0.4, -0.2) is 32.3 Å². The second-order valence-corrected chi connectivity index (χ2v) is 9.85. The lowest BCUT2D eigenvalue weighted by molar-refractivity contribution is 0.391. The van der Waals surface area contributed by atoms with E-state index in [1.165, 1.54) is 18.2 Å². The van der Waals surface area contributed by atoms with Crippen LogP contribution in [0, 0.1) is 18.7 Å². The summed E-state index contributed by atoms with van der Waals surface area (Å²) < 4.78 is 30.6. The van der Waals surface area contributed by atoms with Crippen LogP contribution in [0.3, 0.4) is 0 Å². The molecule has 0 saturated carbocycles. The molecule has 5 rings (SSSR count). The van der Waals surface area contributed by atoms with E-state index < -0.39 is 11.8 Å². The molecule has 6 nitrogen and oxygen atoms in total. The van der Waals surface area contributed by atoms with Crippen LogP contribution >= 0.6 is 0 Å². The minimum atomic E-state index is -0.597. The van der Waals surface area contributed by atoms with Crippen LogP contribution in [0.1, 0.15) is 48.8 Å². The SMILES string of the molecule is CCc1cccc(CC)c1N1C(c2ccn(CC)n2)=NCC(Cc2ccc(-c3ccc(F)nc3C)c(F)c2)=C1O. The molecule has 0 spiro atoms. The van der Waals surface area contributed by atoms with E-state index in [0.717, 1.165) is 36.2 Å². The Labute approximate surface area is 233 Å². The van der Waals surface area contributed by atoms with Gasteiger partial charge in [-0.15, -0.1) is 0 Å². The van der Waals surface area contributed by atoms with Gasteiger partial charge in [0, 0.05) is 41.6 Å². The van der Waals surface area contributed by atoms with Crippen LogP contribution in [0.2, 0.25) is 0 Å². The lowest BCUT2D eigenvalue weighted by atomic mass is 9.97. The van der Waals surface area contributed by atoms with Gasteiger partial charge in [-0.3, -0.25) is 14.6 Å². The molecule has 0 fully saturated rings. The Kier molecular flexibility index (Phi) is 7.78. The van der Waals surface area contributed by atoms with Gasteiger partial charge >= 0.3 is 0 Å². The summed E-state index contributed by atoms with van der Waals surface area (Å²) >= 11 is 0. The maximum absolute atomic E-state index is 15.3. The Morgan fingerprint density at radius 2 is 1.65 bits per heavy atom. The van der Waals surface area contributed by atoms with Crippen molar-refractivity contribution in [3.05, 3.63) is 112 Å². The molecule has 8 heteroatoms. The average Bonchev–Trinajstić information content (AvgIpc) is 3.43. The Hall–Kier alpha value is -4.33. The van der Waals surface area contributed by atoms with E-state index in [9.17, 15) is 9.50 Å². The first kappa shape index (κ1) is 27.2. The number of nitrogens with zero attached hydrogens (tertiary/aromatic N) is 5. The molecular formula is C32H33F2N5O. The first-order valence-electron chi connectivity index (χ1n) is 13.7. The molecule has 206 valence electrons. The van der Waals surface area contributed by atoms with Gasteiger partial charge in [0.15, 0.2) is 11.7 Å². The van der Waals surface area contributed by atoms with E-state index in [1.807, 2.05) is 40.9 Å². The van der Waals surface area contributed by atoms with Gasteiger partial charge in [0.1, 0.15) is 11.5 Å². The summed E-state index contributed by atoms with van der Waals surface area (Å²) in [7, 11) is 0. The van der Waals surface area contributed by atoms with E-state index in [2.05, 4.69) is 36.1 Å². The number of aryl methyl sites for hydroxylation is 4. The second kappa shape index (κ2) is 11.4. The van der Waals surface area contributed by atoms with Crippen LogP contribution < -0.4 is 4.90 Å². The van der Waals surface area contributed by atoms with Crippen LogP contribution in [-0.2, 0) is 25.8 Å². The van der Waals surface area contributed by atoms with Gasteiger partial charge in [0.05, 0.1) is 12.2 Å². The van der Waals surface area contributed by atoms with Crippen molar-refractivity contribution in [2.75, 3.05) is 11.4 Å². The summed E-state index contributed by atoms with van der Waals surface area (Å²) in [6, 6.07) is 15.8. The topological polar surface area (TPSA) is 66.5 Å². The Morgan fingerprint density at radius 3 is 2.27 bits per heavy atom. The highest BCUT2D eigenvalue weighted by Gasteiger charge is 2.30. The number of hydrogen-bond acceptors (Lipinski definition) is 5. The van der Waals surface area contributed by atoms with Crippen LogP contribution in [0.5, 0.6) is 0 Å². The van der Waals surface area contributed by atoms with Gasteiger partial charge in [-0.05, 0) is 67.6 Å². The van der Waals surface area contributed by atoms with Gasteiger partial charge in [-0.1, -0.05) is 44.2 Å². The van der Waals surface area contributed by atoms with Crippen LogP contribution in [0.25, 0.3) is 11.1 Å². The number of aliphatic imine (C=N–C) groups is 1. The summed E-state index contributed by atoms with van der Waals surface area (Å²) in [4.78, 5) is 10.5. The molecule has 3 heterocycles. The molecule has 1 aliphatic heterocycles. The molecule has 0 aliphatic carbocycles. The highest BCUT2D eigenvalue weighted by molar-refractivity contribution is 6.12. The fraction of sp³-hybridized carbons (Fsp3) is 0.281. The number of benzene rings is 2. The lowest BCUT2D eigenvalue weighted by Crippen LogP contribution is -2.37. The van der Waals surface area contributed by atoms with Gasteiger partial charge in [-0.25, -0.2) is 9.37 Å². The Morgan fingerprint density at radius 1 is 0.925 bits per heavy atom. The minimum absolute atomic E-state index is 0.0923. The molecule has 2 aromatic heterocycles. The second-order valence-electron chi connectivity index (χ2n) is 9.85. The van der Waals surface area contributed by atoms with Crippen LogP contribution in [0.4, 0.5) is 14.5 Å². The number of pyridine rings is 1. The highest BCUT2D eigenvalue weighted by Crippen LogP contribution is 2.35. The van der Waals surface area contributed by atoms with Crippen molar-refractivity contribution in [3.8, 4) is 11.1 Å². The number of rotatable bonds is 8. The van der Waals surface area contributed by atoms with Crippen LogP contribution in [0.15, 0.2) is 77.2 Å². The van der Waals surface area contributed by atoms with Crippen molar-refractivity contribution >= 4 is 11.5 Å². The van der Waals surface area contributed by atoms with Crippen molar-refractivity contribution in [3.63, 3.8) is 0 Å². The number of aliphatic hydroxyl groups excluding tert-OH is 1. The smallest absolute Gasteiger partial charge is 0.213 e. The number of anilines is 1. The van der Waals surface area contributed by atoms with Gasteiger partial charge in [-0.2, -0.15) is 9.49 Å². The maximum Gasteiger partial charge on any atom is 0.213 e. The number of amidine groups is 1. The lowest BCUT2D eigenvalue weighted by Gasteiger charge is -2.32. The number of aromatic nitrogens is 3. The predicted molar refractivity (Wildman–Crippen MR) is 155 cm³/mol. The molecule has 40 heavy (non-hydrogen) atoms. The molecule has 0 bridgehead atoms. The van der Waals surface area contributed by atoms with E-state index in [4.69, 9.17) is 4.99 Å². The van der Waals surface area contributed by atoms with E-state index in [1.54, 1.807) is 13.0 Å². The number of para-hydroxylation sites is 1. The molecule has 1 N–H and O–H groups in total. The van der Waals surface area contributed by atoms with Crippen molar-refractivity contribution in [1.29, 1.82) is 0 Å². The molecule has 0 radical (unpaired) electrons. The monoisotopic (exact) mass is 541 g/mol. The summed E-state index contributed by atoms with van der Waals surface area (Å²) in [6.45, 7) is 8.85. The maximum atomic E-state index is 15.3. The molecular weight excluding hydrogens is 508 g/mol. The average molecular weight is 542 g/mol. The number of halogens is 2. The quantitative estimate of drug-likeness (QED) is 0.245. The van der Waals surface area contributed by atoms with Gasteiger partial charge in [0.2, 0.25) is 5.95 Å². The molecule has 0 saturated heterocycles. The van der Waals surface area contributed by atoms with E-state index >= 15 is 4.39 Å². The van der Waals surface area contributed by atoms with E-state index in [-0.39, 0.29) is 12.4 Å². The van der Waals surface area contributed by atoms with Crippen molar-refractivity contribution < 1.29 is 13.9 Å². The fourth-order valence-electron chi connectivity index (χ4n) is 5.22. The van der Waals surface area contributed by atoms with Crippen molar-refractivity contribution in [1.82, 2.24) is 14.8 Å². The molecule has 4 aromatic rings.